The molecule has 1 fully saturated rings. The molecule has 3 aromatic carbocycles. The molecule has 0 bridgehead atoms. The van der Waals surface area contributed by atoms with Crippen molar-refractivity contribution in [2.45, 2.75) is 13.3 Å². The molecule has 1 saturated heterocycles. The Morgan fingerprint density at radius 2 is 1.82 bits per heavy atom. The largest absolute Gasteiger partial charge is 0.496 e. The zero-order valence-electron chi connectivity index (χ0n) is 18.4. The molecule has 0 saturated carbocycles. The average Bonchev–Trinajstić information content (AvgIpc) is 2.78. The molecule has 1 heterocycles. The third kappa shape index (κ3) is 4.86. The fourth-order valence-corrected chi connectivity index (χ4v) is 4.56. The Bertz CT molecular complexity index is 1350. The number of methoxy groups -OCH3 is 1. The Morgan fingerprint density at radius 3 is 2.53 bits per heavy atom. The second-order valence-corrected chi connectivity index (χ2v) is 8.95. The molecule has 4 amide bonds. The molecule has 34 heavy (non-hydrogen) atoms. The summed E-state index contributed by atoms with van der Waals surface area (Å²) in [6.07, 6.45) is 1.88. The Balaban J connectivity index is 1.71. The number of anilines is 1. The number of imide groups is 2. The van der Waals surface area contributed by atoms with Gasteiger partial charge >= 0.3 is 6.03 Å². The van der Waals surface area contributed by atoms with Crippen molar-refractivity contribution >= 4 is 52.2 Å². The van der Waals surface area contributed by atoms with E-state index in [4.69, 9.17) is 4.74 Å². The van der Waals surface area contributed by atoms with E-state index in [1.165, 1.54) is 25.3 Å². The van der Waals surface area contributed by atoms with E-state index < -0.39 is 17.8 Å². The predicted molar refractivity (Wildman–Crippen MR) is 135 cm³/mol. The van der Waals surface area contributed by atoms with Crippen LogP contribution in [-0.4, -0.2) is 25.0 Å². The van der Waals surface area contributed by atoms with Crippen LogP contribution in [0, 0.1) is 16.3 Å². The van der Waals surface area contributed by atoms with Gasteiger partial charge in [0.05, 0.1) is 12.8 Å². The zero-order chi connectivity index (χ0) is 24.4. The Kier molecular flexibility index (Phi) is 6.78. The molecule has 0 unspecified atom stereocenters. The summed E-state index contributed by atoms with van der Waals surface area (Å²) in [6.45, 7) is 1.84. The molecule has 3 aromatic rings. The number of amides is 4. The van der Waals surface area contributed by atoms with Crippen LogP contribution in [0.1, 0.15) is 22.3 Å². The number of hydrogen-bond acceptors (Lipinski definition) is 4. The van der Waals surface area contributed by atoms with Crippen molar-refractivity contribution in [3.05, 3.63) is 97.9 Å². The van der Waals surface area contributed by atoms with Crippen LogP contribution in [0.2, 0.25) is 0 Å². The highest BCUT2D eigenvalue weighted by molar-refractivity contribution is 14.1. The second-order valence-electron chi connectivity index (χ2n) is 7.79. The van der Waals surface area contributed by atoms with Gasteiger partial charge in [0.1, 0.15) is 17.1 Å². The lowest BCUT2D eigenvalue weighted by molar-refractivity contribution is -0.122. The van der Waals surface area contributed by atoms with E-state index in [9.17, 15) is 18.8 Å². The molecule has 1 aliphatic heterocycles. The molecule has 1 aliphatic rings. The first-order valence-electron chi connectivity index (χ1n) is 10.4. The number of benzene rings is 3. The first-order valence-corrected chi connectivity index (χ1v) is 11.4. The highest BCUT2D eigenvalue weighted by Gasteiger charge is 2.36. The van der Waals surface area contributed by atoms with Gasteiger partial charge in [0.25, 0.3) is 11.8 Å². The number of halogens is 2. The Morgan fingerprint density at radius 1 is 1.06 bits per heavy atom. The van der Waals surface area contributed by atoms with Gasteiger partial charge in [-0.2, -0.15) is 0 Å². The van der Waals surface area contributed by atoms with Crippen LogP contribution < -0.4 is 15.0 Å². The molecule has 172 valence electrons. The first kappa shape index (κ1) is 23.6. The number of barbiturate groups is 1. The van der Waals surface area contributed by atoms with Crippen molar-refractivity contribution in [1.29, 1.82) is 0 Å². The molecule has 0 aromatic heterocycles. The van der Waals surface area contributed by atoms with Gasteiger partial charge in [0, 0.05) is 15.6 Å². The number of nitrogens with one attached hydrogen (secondary N) is 1. The van der Waals surface area contributed by atoms with E-state index >= 15 is 0 Å². The number of rotatable bonds is 5. The van der Waals surface area contributed by atoms with Crippen molar-refractivity contribution in [2.75, 3.05) is 12.0 Å². The van der Waals surface area contributed by atoms with Crippen LogP contribution in [0.4, 0.5) is 14.9 Å². The molecule has 0 radical (unpaired) electrons. The number of carbonyl (C=O) groups is 3. The fourth-order valence-electron chi connectivity index (χ4n) is 3.75. The summed E-state index contributed by atoms with van der Waals surface area (Å²) in [7, 11) is 1.52. The van der Waals surface area contributed by atoms with Gasteiger partial charge in [-0.15, -0.1) is 0 Å². The summed E-state index contributed by atoms with van der Waals surface area (Å²) in [5.41, 5.74) is 3.27. The summed E-state index contributed by atoms with van der Waals surface area (Å²) in [5.74, 6) is -1.26. The lowest BCUT2D eigenvalue weighted by Gasteiger charge is -2.26. The number of hydrogen-bond donors (Lipinski definition) is 1. The van der Waals surface area contributed by atoms with Crippen LogP contribution in [0.5, 0.6) is 5.75 Å². The van der Waals surface area contributed by atoms with Crippen LogP contribution in [0.15, 0.2) is 66.2 Å². The quantitative estimate of drug-likeness (QED) is 0.266. The van der Waals surface area contributed by atoms with Crippen LogP contribution in [-0.2, 0) is 16.0 Å². The summed E-state index contributed by atoms with van der Waals surface area (Å²) in [6, 6.07) is 15.9. The van der Waals surface area contributed by atoms with Crippen LogP contribution >= 0.6 is 22.6 Å². The van der Waals surface area contributed by atoms with E-state index in [0.29, 0.717) is 23.4 Å². The standard InChI is InChI=1S/C26H20FIN2O4/c1-15-5-3-8-19(9-15)30-25(32)21(24(31)29-26(30)33)12-17-13-22(28)20(23(14-17)34-2)11-16-6-4-7-18(27)10-16/h3-10,12-14H,11H2,1-2H3,(H,29,31,33)/b21-12+. The lowest BCUT2D eigenvalue weighted by atomic mass is 10.0. The van der Waals surface area contributed by atoms with E-state index in [1.54, 1.807) is 36.4 Å². The van der Waals surface area contributed by atoms with Crippen molar-refractivity contribution in [2.24, 2.45) is 0 Å². The van der Waals surface area contributed by atoms with Gasteiger partial charge < -0.3 is 4.74 Å². The van der Waals surface area contributed by atoms with E-state index in [1.807, 2.05) is 19.1 Å². The Labute approximate surface area is 209 Å². The number of ether oxygens (including phenoxy) is 1. The molecule has 0 spiro atoms. The van der Waals surface area contributed by atoms with Gasteiger partial charge in [-0.25, -0.2) is 14.1 Å². The molecule has 1 N–H and O–H groups in total. The molecule has 0 aliphatic carbocycles. The normalized spacial score (nSPS) is 15.0. The molecule has 6 nitrogen and oxygen atoms in total. The second kappa shape index (κ2) is 9.76. The highest BCUT2D eigenvalue weighted by atomic mass is 127. The number of aryl methyl sites for hydroxylation is 1. The highest BCUT2D eigenvalue weighted by Crippen LogP contribution is 2.30. The number of nitrogens with zero attached hydrogens (tertiary/aromatic N) is 1. The maximum atomic E-state index is 13.6. The fraction of sp³-hybridized carbons (Fsp3) is 0.115. The summed E-state index contributed by atoms with van der Waals surface area (Å²) in [5, 5.41) is 2.23. The lowest BCUT2D eigenvalue weighted by Crippen LogP contribution is -2.54. The minimum absolute atomic E-state index is 0.170. The zero-order valence-corrected chi connectivity index (χ0v) is 20.6. The van der Waals surface area contributed by atoms with Gasteiger partial charge in [-0.05, 0) is 88.7 Å². The van der Waals surface area contributed by atoms with E-state index in [0.717, 1.165) is 25.2 Å². The van der Waals surface area contributed by atoms with Gasteiger partial charge in [-0.3, -0.25) is 14.9 Å². The number of carbonyl (C=O) groups excluding carboxylic acids is 3. The van der Waals surface area contributed by atoms with Crippen molar-refractivity contribution < 1.29 is 23.5 Å². The minimum atomic E-state index is -0.796. The molecule has 4 rings (SSSR count). The molecular formula is C26H20FIN2O4. The van der Waals surface area contributed by atoms with Gasteiger partial charge in [0.15, 0.2) is 0 Å². The molecule has 0 atom stereocenters. The summed E-state index contributed by atoms with van der Waals surface area (Å²) < 4.78 is 20.0. The van der Waals surface area contributed by atoms with E-state index in [-0.39, 0.29) is 11.4 Å². The van der Waals surface area contributed by atoms with E-state index in [2.05, 4.69) is 27.9 Å². The Hall–Kier alpha value is -3.53. The summed E-state index contributed by atoms with van der Waals surface area (Å²) >= 11 is 2.14. The van der Waals surface area contributed by atoms with Gasteiger partial charge in [-0.1, -0.05) is 24.3 Å². The third-order valence-corrected chi connectivity index (χ3v) is 6.30. The maximum Gasteiger partial charge on any atom is 0.335 e. The molecular weight excluding hydrogens is 550 g/mol. The van der Waals surface area contributed by atoms with Crippen molar-refractivity contribution in [3.8, 4) is 5.75 Å². The monoisotopic (exact) mass is 570 g/mol. The SMILES string of the molecule is COc1cc(/C=C2\C(=O)NC(=O)N(c3cccc(C)c3)C2=O)cc(I)c1Cc1cccc(F)c1. The third-order valence-electron chi connectivity index (χ3n) is 5.34. The topological polar surface area (TPSA) is 75.7 Å². The van der Waals surface area contributed by atoms with Crippen LogP contribution in [0.3, 0.4) is 0 Å². The van der Waals surface area contributed by atoms with Crippen molar-refractivity contribution in [1.82, 2.24) is 5.32 Å². The number of urea groups is 1. The maximum absolute atomic E-state index is 13.6. The predicted octanol–water partition coefficient (Wildman–Crippen LogP) is 5.00. The summed E-state index contributed by atoms with van der Waals surface area (Å²) in [4.78, 5) is 39.0. The van der Waals surface area contributed by atoms with Gasteiger partial charge in [0.2, 0.25) is 0 Å². The average molecular weight is 570 g/mol. The van der Waals surface area contributed by atoms with Crippen LogP contribution in [0.25, 0.3) is 6.08 Å². The smallest absolute Gasteiger partial charge is 0.335 e. The molecule has 8 heteroatoms. The minimum Gasteiger partial charge on any atom is -0.496 e. The first-order chi connectivity index (χ1) is 16.3. The van der Waals surface area contributed by atoms with Crippen molar-refractivity contribution in [3.63, 3.8) is 0 Å².